The fourth-order valence-electron chi connectivity index (χ4n) is 2.62. The number of aliphatic hydroxyl groups excluding tert-OH is 1. The van der Waals surface area contributed by atoms with E-state index in [-0.39, 0.29) is 12.5 Å². The van der Waals surface area contributed by atoms with Crippen LogP contribution in [0.3, 0.4) is 0 Å². The number of nitrogens with one attached hydrogen (secondary N) is 1. The molecular weight excluding hydrogens is 244 g/mol. The molecule has 1 heterocycles. The fourth-order valence-corrected chi connectivity index (χ4v) is 2.62. The van der Waals surface area contributed by atoms with E-state index in [1.165, 1.54) is 12.8 Å². The largest absolute Gasteiger partial charge is 0.395 e. The molecule has 1 fully saturated rings. The normalized spacial score (nSPS) is 21.1. The Morgan fingerprint density at radius 2 is 2.32 bits per heavy atom. The first-order valence-electron chi connectivity index (χ1n) is 7.27. The van der Waals surface area contributed by atoms with Crippen molar-refractivity contribution < 1.29 is 14.6 Å². The molecule has 112 valence electrons. The number of ether oxygens (including phenoxy) is 1. The maximum atomic E-state index is 12.2. The Morgan fingerprint density at radius 1 is 1.53 bits per heavy atom. The molecule has 0 radical (unpaired) electrons. The maximum Gasteiger partial charge on any atom is 0.223 e. The number of carbonyl (C=O) groups excluding carboxylic acids is 1. The standard InChI is InChI=1S/C14H28N2O3/c1-12(13-4-3-5-15-11-13)10-14(18)16(6-8-17)7-9-19-2/h12-13,15,17H,3-11H2,1-2H3. The fraction of sp³-hybridized carbons (Fsp3) is 0.929. The molecule has 1 saturated heterocycles. The van der Waals surface area contributed by atoms with Crippen molar-refractivity contribution in [1.82, 2.24) is 10.2 Å². The third-order valence-electron chi connectivity index (χ3n) is 3.92. The predicted octanol–water partition coefficient (Wildman–Crippen LogP) is 0.480. The molecule has 1 amide bonds. The van der Waals surface area contributed by atoms with Gasteiger partial charge < -0.3 is 20.1 Å². The Balaban J connectivity index is 2.40. The molecule has 0 aromatic heterocycles. The van der Waals surface area contributed by atoms with Gasteiger partial charge >= 0.3 is 0 Å². The van der Waals surface area contributed by atoms with Crippen LogP contribution in [0.2, 0.25) is 0 Å². The highest BCUT2D eigenvalue weighted by Gasteiger charge is 2.24. The molecule has 2 atom stereocenters. The Labute approximate surface area is 116 Å². The average molecular weight is 272 g/mol. The molecule has 1 rings (SSSR count). The lowest BCUT2D eigenvalue weighted by Gasteiger charge is -2.30. The summed E-state index contributed by atoms with van der Waals surface area (Å²) >= 11 is 0. The smallest absolute Gasteiger partial charge is 0.223 e. The van der Waals surface area contributed by atoms with Crippen LogP contribution in [-0.4, -0.2) is 62.4 Å². The van der Waals surface area contributed by atoms with Gasteiger partial charge in [0.25, 0.3) is 0 Å². The lowest BCUT2D eigenvalue weighted by Crippen LogP contribution is -2.39. The minimum Gasteiger partial charge on any atom is -0.395 e. The van der Waals surface area contributed by atoms with Crippen LogP contribution in [0.25, 0.3) is 0 Å². The number of methoxy groups -OCH3 is 1. The first kappa shape index (κ1) is 16.4. The molecule has 1 aliphatic heterocycles. The van der Waals surface area contributed by atoms with Gasteiger partial charge in [0.05, 0.1) is 13.2 Å². The van der Waals surface area contributed by atoms with E-state index in [4.69, 9.17) is 9.84 Å². The van der Waals surface area contributed by atoms with Gasteiger partial charge in [-0.2, -0.15) is 0 Å². The number of carbonyl (C=O) groups is 1. The average Bonchev–Trinajstić information content (AvgIpc) is 2.44. The summed E-state index contributed by atoms with van der Waals surface area (Å²) in [5, 5.41) is 12.4. The van der Waals surface area contributed by atoms with Gasteiger partial charge in [-0.1, -0.05) is 6.92 Å². The van der Waals surface area contributed by atoms with Crippen molar-refractivity contribution in [2.75, 3.05) is 46.5 Å². The Bertz CT molecular complexity index is 255. The summed E-state index contributed by atoms with van der Waals surface area (Å²) in [6.07, 6.45) is 2.98. The van der Waals surface area contributed by atoms with E-state index < -0.39 is 0 Å². The molecule has 5 heteroatoms. The molecule has 2 N–H and O–H groups in total. The molecule has 2 unspecified atom stereocenters. The topological polar surface area (TPSA) is 61.8 Å². The van der Waals surface area contributed by atoms with Crippen LogP contribution in [0.1, 0.15) is 26.2 Å². The number of hydrogen-bond acceptors (Lipinski definition) is 4. The van der Waals surface area contributed by atoms with Crippen LogP contribution in [0.4, 0.5) is 0 Å². The zero-order valence-corrected chi connectivity index (χ0v) is 12.2. The van der Waals surface area contributed by atoms with Crippen LogP contribution >= 0.6 is 0 Å². The summed E-state index contributed by atoms with van der Waals surface area (Å²) in [4.78, 5) is 13.9. The molecule has 0 spiro atoms. The minimum atomic E-state index is 0.00875. The van der Waals surface area contributed by atoms with Crippen molar-refractivity contribution in [3.05, 3.63) is 0 Å². The van der Waals surface area contributed by atoms with E-state index in [0.717, 1.165) is 13.1 Å². The lowest BCUT2D eigenvalue weighted by molar-refractivity contribution is -0.133. The monoisotopic (exact) mass is 272 g/mol. The number of aliphatic hydroxyl groups is 1. The number of amides is 1. The summed E-state index contributed by atoms with van der Waals surface area (Å²) in [6, 6.07) is 0. The second-order valence-electron chi connectivity index (χ2n) is 5.39. The first-order valence-corrected chi connectivity index (χ1v) is 7.27. The van der Waals surface area contributed by atoms with Gasteiger partial charge in [-0.15, -0.1) is 0 Å². The van der Waals surface area contributed by atoms with Crippen LogP contribution in [0.15, 0.2) is 0 Å². The number of nitrogens with zero attached hydrogens (tertiary/aromatic N) is 1. The van der Waals surface area contributed by atoms with Gasteiger partial charge in [0.1, 0.15) is 0 Å². The molecule has 0 aromatic rings. The van der Waals surface area contributed by atoms with Crippen molar-refractivity contribution in [3.63, 3.8) is 0 Å². The highest BCUT2D eigenvalue weighted by molar-refractivity contribution is 5.76. The molecule has 1 aliphatic rings. The van der Waals surface area contributed by atoms with Crippen molar-refractivity contribution in [2.24, 2.45) is 11.8 Å². The number of hydrogen-bond donors (Lipinski definition) is 2. The number of rotatable bonds is 8. The Hall–Kier alpha value is -0.650. The van der Waals surface area contributed by atoms with Crippen molar-refractivity contribution in [2.45, 2.75) is 26.2 Å². The summed E-state index contributed by atoms with van der Waals surface area (Å²) in [7, 11) is 1.62. The van der Waals surface area contributed by atoms with E-state index in [2.05, 4.69) is 12.2 Å². The third kappa shape index (κ3) is 5.89. The maximum absolute atomic E-state index is 12.2. The highest BCUT2D eigenvalue weighted by atomic mass is 16.5. The Kier molecular flexibility index (Phi) is 8.02. The van der Waals surface area contributed by atoms with Gasteiger partial charge in [0, 0.05) is 26.6 Å². The summed E-state index contributed by atoms with van der Waals surface area (Å²) in [5.41, 5.74) is 0. The van der Waals surface area contributed by atoms with Crippen LogP contribution in [0.5, 0.6) is 0 Å². The highest BCUT2D eigenvalue weighted by Crippen LogP contribution is 2.23. The SMILES string of the molecule is COCCN(CCO)C(=O)CC(C)C1CCCNC1. The first-order chi connectivity index (χ1) is 9.19. The molecule has 0 saturated carbocycles. The molecule has 5 nitrogen and oxygen atoms in total. The summed E-state index contributed by atoms with van der Waals surface area (Å²) < 4.78 is 5.00. The van der Waals surface area contributed by atoms with Crippen LogP contribution < -0.4 is 5.32 Å². The van der Waals surface area contributed by atoms with E-state index in [1.54, 1.807) is 12.0 Å². The molecule has 0 aliphatic carbocycles. The molecule has 19 heavy (non-hydrogen) atoms. The second-order valence-corrected chi connectivity index (χ2v) is 5.39. The van der Waals surface area contributed by atoms with Gasteiger partial charge in [0.15, 0.2) is 0 Å². The second kappa shape index (κ2) is 9.28. The lowest BCUT2D eigenvalue weighted by atomic mass is 9.85. The molecular formula is C14H28N2O3. The van der Waals surface area contributed by atoms with Crippen molar-refractivity contribution >= 4 is 5.91 Å². The zero-order valence-electron chi connectivity index (χ0n) is 12.2. The van der Waals surface area contributed by atoms with E-state index in [1.807, 2.05) is 0 Å². The molecule has 0 aromatic carbocycles. The Morgan fingerprint density at radius 3 is 2.89 bits per heavy atom. The zero-order chi connectivity index (χ0) is 14.1. The van der Waals surface area contributed by atoms with Gasteiger partial charge in [-0.3, -0.25) is 4.79 Å². The number of piperidine rings is 1. The van der Waals surface area contributed by atoms with Crippen molar-refractivity contribution in [1.29, 1.82) is 0 Å². The van der Waals surface area contributed by atoms with E-state index >= 15 is 0 Å². The van der Waals surface area contributed by atoms with E-state index in [9.17, 15) is 4.79 Å². The summed E-state index contributed by atoms with van der Waals surface area (Å²) in [6.45, 7) is 5.76. The van der Waals surface area contributed by atoms with Crippen molar-refractivity contribution in [3.8, 4) is 0 Å². The van der Waals surface area contributed by atoms with Gasteiger partial charge in [-0.05, 0) is 37.8 Å². The van der Waals surface area contributed by atoms with Gasteiger partial charge in [0.2, 0.25) is 5.91 Å². The van der Waals surface area contributed by atoms with Gasteiger partial charge in [-0.25, -0.2) is 0 Å². The summed E-state index contributed by atoms with van der Waals surface area (Å²) in [5.74, 6) is 1.12. The quantitative estimate of drug-likeness (QED) is 0.675. The van der Waals surface area contributed by atoms with E-state index in [0.29, 0.717) is 38.0 Å². The minimum absolute atomic E-state index is 0.00875. The third-order valence-corrected chi connectivity index (χ3v) is 3.92. The predicted molar refractivity (Wildman–Crippen MR) is 74.9 cm³/mol. The van der Waals surface area contributed by atoms with Crippen LogP contribution in [-0.2, 0) is 9.53 Å². The molecule has 0 bridgehead atoms. The van der Waals surface area contributed by atoms with Crippen LogP contribution in [0, 0.1) is 11.8 Å².